The number of carbonyl (C=O) groups excluding carboxylic acids is 1. The summed E-state index contributed by atoms with van der Waals surface area (Å²) in [5, 5.41) is 11.8. The average Bonchev–Trinajstić information content (AvgIpc) is 2.35. The van der Waals surface area contributed by atoms with Gasteiger partial charge in [-0.3, -0.25) is 4.79 Å². The van der Waals surface area contributed by atoms with Crippen LogP contribution in [0.15, 0.2) is 24.3 Å². The number of nitrogens with one attached hydrogen (secondary N) is 1. The molecule has 0 saturated carbocycles. The van der Waals surface area contributed by atoms with Crippen LogP contribution in [0.5, 0.6) is 0 Å². The van der Waals surface area contributed by atoms with Crippen LogP contribution in [-0.4, -0.2) is 23.7 Å². The summed E-state index contributed by atoms with van der Waals surface area (Å²) in [6.45, 7) is 5.26. The van der Waals surface area contributed by atoms with E-state index in [2.05, 4.69) is 5.32 Å². The van der Waals surface area contributed by atoms with Gasteiger partial charge >= 0.3 is 0 Å². The van der Waals surface area contributed by atoms with Crippen LogP contribution in [0.25, 0.3) is 0 Å². The first kappa shape index (κ1) is 14.6. The van der Waals surface area contributed by atoms with Gasteiger partial charge in [0.1, 0.15) is 5.82 Å². The molecule has 3 nitrogen and oxygen atoms in total. The lowest BCUT2D eigenvalue weighted by Crippen LogP contribution is -2.46. The fourth-order valence-electron chi connectivity index (χ4n) is 1.65. The van der Waals surface area contributed by atoms with E-state index in [1.165, 1.54) is 12.1 Å². The van der Waals surface area contributed by atoms with Gasteiger partial charge in [-0.05, 0) is 38.0 Å². The van der Waals surface area contributed by atoms with Gasteiger partial charge in [-0.1, -0.05) is 19.1 Å². The molecule has 4 heteroatoms. The minimum atomic E-state index is -0.829. The van der Waals surface area contributed by atoms with E-state index >= 15 is 0 Å². The molecule has 1 atom stereocenters. The topological polar surface area (TPSA) is 49.3 Å². The predicted octanol–water partition coefficient (Wildman–Crippen LogP) is 1.99. The molecule has 100 valence electrons. The summed E-state index contributed by atoms with van der Waals surface area (Å²) in [6, 6.07) is 5.76. The number of amides is 1. The lowest BCUT2D eigenvalue weighted by molar-refractivity contribution is -0.126. The van der Waals surface area contributed by atoms with Crippen LogP contribution in [0.1, 0.15) is 32.8 Å². The van der Waals surface area contributed by atoms with Gasteiger partial charge in [0.25, 0.3) is 0 Å². The first-order valence-electron chi connectivity index (χ1n) is 6.09. The number of benzene rings is 1. The molecule has 0 spiro atoms. The molecular weight excluding hydrogens is 233 g/mol. The van der Waals surface area contributed by atoms with Crippen molar-refractivity contribution in [1.82, 2.24) is 5.32 Å². The normalized spacial score (nSPS) is 13.2. The van der Waals surface area contributed by atoms with Gasteiger partial charge in [0.05, 0.1) is 18.1 Å². The lowest BCUT2D eigenvalue weighted by Gasteiger charge is -2.26. The van der Waals surface area contributed by atoms with Crippen LogP contribution in [0.2, 0.25) is 0 Å². The maximum Gasteiger partial charge on any atom is 0.230 e. The van der Waals surface area contributed by atoms with E-state index in [4.69, 9.17) is 5.11 Å². The smallest absolute Gasteiger partial charge is 0.230 e. The molecule has 1 aromatic carbocycles. The SMILES string of the molecule is CCC(CO)NC(=O)C(C)(C)c1cccc(F)c1. The van der Waals surface area contributed by atoms with Gasteiger partial charge in [-0.2, -0.15) is 0 Å². The second kappa shape index (κ2) is 5.96. The molecule has 0 aromatic heterocycles. The van der Waals surface area contributed by atoms with Crippen molar-refractivity contribution in [2.24, 2.45) is 0 Å². The van der Waals surface area contributed by atoms with Crippen molar-refractivity contribution in [3.05, 3.63) is 35.6 Å². The highest BCUT2D eigenvalue weighted by atomic mass is 19.1. The fourth-order valence-corrected chi connectivity index (χ4v) is 1.65. The molecule has 0 aliphatic rings. The summed E-state index contributed by atoms with van der Waals surface area (Å²) < 4.78 is 13.2. The molecule has 0 aliphatic heterocycles. The Hall–Kier alpha value is -1.42. The van der Waals surface area contributed by atoms with Crippen molar-refractivity contribution in [1.29, 1.82) is 0 Å². The summed E-state index contributed by atoms with van der Waals surface area (Å²) in [7, 11) is 0. The largest absolute Gasteiger partial charge is 0.394 e. The van der Waals surface area contributed by atoms with Crippen LogP contribution in [0, 0.1) is 5.82 Å². The second-order valence-electron chi connectivity index (χ2n) is 4.90. The molecule has 1 aromatic rings. The van der Waals surface area contributed by atoms with Crippen LogP contribution >= 0.6 is 0 Å². The van der Waals surface area contributed by atoms with Gasteiger partial charge in [-0.25, -0.2) is 4.39 Å². The number of aliphatic hydroxyl groups excluding tert-OH is 1. The highest BCUT2D eigenvalue weighted by Gasteiger charge is 2.31. The maximum absolute atomic E-state index is 13.2. The van der Waals surface area contributed by atoms with E-state index in [1.807, 2.05) is 6.92 Å². The Morgan fingerprint density at radius 2 is 2.17 bits per heavy atom. The van der Waals surface area contributed by atoms with E-state index in [-0.39, 0.29) is 24.4 Å². The Morgan fingerprint density at radius 1 is 1.50 bits per heavy atom. The first-order valence-corrected chi connectivity index (χ1v) is 6.09. The third-order valence-corrected chi connectivity index (χ3v) is 3.16. The Morgan fingerprint density at radius 3 is 2.67 bits per heavy atom. The third kappa shape index (κ3) is 3.29. The zero-order chi connectivity index (χ0) is 13.8. The van der Waals surface area contributed by atoms with E-state index in [0.717, 1.165) is 0 Å². The molecule has 2 N–H and O–H groups in total. The van der Waals surface area contributed by atoms with Crippen molar-refractivity contribution in [2.45, 2.75) is 38.6 Å². The molecule has 18 heavy (non-hydrogen) atoms. The van der Waals surface area contributed by atoms with E-state index in [9.17, 15) is 9.18 Å². The van der Waals surface area contributed by atoms with Gasteiger partial charge < -0.3 is 10.4 Å². The summed E-state index contributed by atoms with van der Waals surface area (Å²) in [5.41, 5.74) is -0.210. The molecule has 1 amide bonds. The monoisotopic (exact) mass is 253 g/mol. The zero-order valence-electron chi connectivity index (χ0n) is 11.0. The van der Waals surface area contributed by atoms with E-state index < -0.39 is 5.41 Å². The molecule has 0 fully saturated rings. The number of hydrogen-bond acceptors (Lipinski definition) is 2. The number of aliphatic hydroxyl groups is 1. The molecule has 0 bridgehead atoms. The van der Waals surface area contributed by atoms with E-state index in [1.54, 1.807) is 26.0 Å². The predicted molar refractivity (Wildman–Crippen MR) is 68.7 cm³/mol. The van der Waals surface area contributed by atoms with Gasteiger partial charge in [0, 0.05) is 0 Å². The molecule has 0 aliphatic carbocycles. The Labute approximate surface area is 107 Å². The highest BCUT2D eigenvalue weighted by Crippen LogP contribution is 2.24. The fraction of sp³-hybridized carbons (Fsp3) is 0.500. The van der Waals surface area contributed by atoms with Gasteiger partial charge in [0.15, 0.2) is 0 Å². The Bertz CT molecular complexity index is 414. The number of hydrogen-bond donors (Lipinski definition) is 2. The summed E-state index contributed by atoms with van der Waals surface area (Å²) in [6.07, 6.45) is 0.654. The second-order valence-corrected chi connectivity index (χ2v) is 4.90. The van der Waals surface area contributed by atoms with Crippen LogP contribution < -0.4 is 5.32 Å². The molecule has 0 radical (unpaired) electrons. The van der Waals surface area contributed by atoms with Crippen molar-refractivity contribution in [3.8, 4) is 0 Å². The number of carbonyl (C=O) groups is 1. The zero-order valence-corrected chi connectivity index (χ0v) is 11.0. The summed E-state index contributed by atoms with van der Waals surface area (Å²) >= 11 is 0. The van der Waals surface area contributed by atoms with Crippen LogP contribution in [0.4, 0.5) is 4.39 Å². The minimum Gasteiger partial charge on any atom is -0.394 e. The standard InChI is InChI=1S/C14H20FNO2/c1-4-12(9-17)16-13(18)14(2,3)10-6-5-7-11(15)8-10/h5-8,12,17H,4,9H2,1-3H3,(H,16,18). The average molecular weight is 253 g/mol. The lowest BCUT2D eigenvalue weighted by atomic mass is 9.83. The molecule has 1 rings (SSSR count). The maximum atomic E-state index is 13.2. The quantitative estimate of drug-likeness (QED) is 0.843. The molecule has 0 heterocycles. The Kier molecular flexibility index (Phi) is 4.84. The minimum absolute atomic E-state index is 0.0958. The van der Waals surface area contributed by atoms with Gasteiger partial charge in [-0.15, -0.1) is 0 Å². The van der Waals surface area contributed by atoms with Gasteiger partial charge in [0.2, 0.25) is 5.91 Å². The van der Waals surface area contributed by atoms with Crippen LogP contribution in [0.3, 0.4) is 0 Å². The molecule has 1 unspecified atom stereocenters. The highest BCUT2D eigenvalue weighted by molar-refractivity contribution is 5.87. The number of rotatable bonds is 5. The Balaban J connectivity index is 2.89. The third-order valence-electron chi connectivity index (χ3n) is 3.16. The molecule has 0 saturated heterocycles. The number of halogens is 1. The van der Waals surface area contributed by atoms with Crippen molar-refractivity contribution < 1.29 is 14.3 Å². The summed E-state index contributed by atoms with van der Waals surface area (Å²) in [4.78, 5) is 12.2. The first-order chi connectivity index (χ1) is 8.41. The summed E-state index contributed by atoms with van der Waals surface area (Å²) in [5.74, 6) is -0.573. The molecular formula is C14H20FNO2. The van der Waals surface area contributed by atoms with E-state index in [0.29, 0.717) is 12.0 Å². The van der Waals surface area contributed by atoms with Crippen LogP contribution in [-0.2, 0) is 10.2 Å². The van der Waals surface area contributed by atoms with Crippen molar-refractivity contribution >= 4 is 5.91 Å². The van der Waals surface area contributed by atoms with Crippen molar-refractivity contribution in [3.63, 3.8) is 0 Å². The van der Waals surface area contributed by atoms with Crippen molar-refractivity contribution in [2.75, 3.05) is 6.61 Å².